The Labute approximate surface area is 119 Å². The van der Waals surface area contributed by atoms with Crippen molar-refractivity contribution in [2.45, 2.75) is 19.0 Å². The zero-order chi connectivity index (χ0) is 14.9. The van der Waals surface area contributed by atoms with Crippen molar-refractivity contribution < 1.29 is 18.6 Å². The van der Waals surface area contributed by atoms with Gasteiger partial charge in [-0.1, -0.05) is 6.07 Å². The molecule has 2 aromatic rings. The second-order valence-corrected chi connectivity index (χ2v) is 4.87. The zero-order valence-corrected chi connectivity index (χ0v) is 11.0. The van der Waals surface area contributed by atoms with Gasteiger partial charge in [0.05, 0.1) is 29.6 Å². The van der Waals surface area contributed by atoms with Gasteiger partial charge in [0.15, 0.2) is 0 Å². The average Bonchev–Trinajstić information content (AvgIpc) is 3.13. The van der Waals surface area contributed by atoms with Crippen LogP contribution in [0.5, 0.6) is 6.01 Å². The summed E-state index contributed by atoms with van der Waals surface area (Å²) < 4.78 is 30.7. The van der Waals surface area contributed by atoms with Crippen molar-refractivity contribution in [3.63, 3.8) is 0 Å². The van der Waals surface area contributed by atoms with Gasteiger partial charge in [-0.25, -0.2) is 18.7 Å². The fourth-order valence-corrected chi connectivity index (χ4v) is 1.89. The van der Waals surface area contributed by atoms with E-state index in [1.165, 1.54) is 6.20 Å². The number of alkyl halides is 2. The van der Waals surface area contributed by atoms with Gasteiger partial charge in [-0.15, -0.1) is 0 Å². The van der Waals surface area contributed by atoms with E-state index in [9.17, 15) is 8.78 Å². The number of halogens is 2. The zero-order valence-electron chi connectivity index (χ0n) is 11.0. The fraction of sp³-hybridized carbons (Fsp3) is 0.357. The molecule has 0 unspecified atom stereocenters. The summed E-state index contributed by atoms with van der Waals surface area (Å²) in [5, 5.41) is 9.07. The van der Waals surface area contributed by atoms with E-state index in [2.05, 4.69) is 15.0 Å². The molecule has 0 saturated heterocycles. The fourth-order valence-electron chi connectivity index (χ4n) is 1.89. The van der Waals surface area contributed by atoms with Crippen molar-refractivity contribution in [2.24, 2.45) is 5.92 Å². The lowest BCUT2D eigenvalue weighted by Crippen LogP contribution is -2.08. The highest BCUT2D eigenvalue weighted by Gasteiger charge is 2.57. The van der Waals surface area contributed by atoms with Crippen LogP contribution in [-0.2, 0) is 6.61 Å². The van der Waals surface area contributed by atoms with Crippen LogP contribution in [0.1, 0.15) is 12.1 Å². The molecule has 1 saturated carbocycles. The SMILES string of the molecule is OCc1cccc(-c2ccnc(OC[C@H]3CC3(F)F)n2)n1. The van der Waals surface area contributed by atoms with E-state index in [1.807, 2.05) is 0 Å². The van der Waals surface area contributed by atoms with Crippen molar-refractivity contribution >= 4 is 0 Å². The van der Waals surface area contributed by atoms with E-state index in [0.29, 0.717) is 17.1 Å². The van der Waals surface area contributed by atoms with E-state index in [0.717, 1.165) is 0 Å². The molecule has 110 valence electrons. The van der Waals surface area contributed by atoms with E-state index < -0.39 is 11.8 Å². The molecule has 2 aromatic heterocycles. The summed E-state index contributed by atoms with van der Waals surface area (Å²) in [4.78, 5) is 12.3. The van der Waals surface area contributed by atoms with Crippen LogP contribution in [0.15, 0.2) is 30.5 Å². The van der Waals surface area contributed by atoms with Gasteiger partial charge in [0.1, 0.15) is 6.61 Å². The monoisotopic (exact) mass is 293 g/mol. The van der Waals surface area contributed by atoms with Gasteiger partial charge >= 0.3 is 6.01 Å². The normalized spacial score (nSPS) is 19.3. The number of hydrogen-bond acceptors (Lipinski definition) is 5. The van der Waals surface area contributed by atoms with Gasteiger partial charge < -0.3 is 9.84 Å². The molecule has 0 bridgehead atoms. The molecule has 0 aromatic carbocycles. The maximum absolute atomic E-state index is 12.8. The second kappa shape index (κ2) is 5.33. The van der Waals surface area contributed by atoms with E-state index in [1.54, 1.807) is 24.3 Å². The number of nitrogens with zero attached hydrogens (tertiary/aromatic N) is 3. The molecule has 1 aliphatic rings. The Morgan fingerprint density at radius 1 is 1.24 bits per heavy atom. The highest BCUT2D eigenvalue weighted by molar-refractivity contribution is 5.53. The van der Waals surface area contributed by atoms with Gasteiger partial charge in [0, 0.05) is 12.6 Å². The predicted molar refractivity (Wildman–Crippen MR) is 69.7 cm³/mol. The smallest absolute Gasteiger partial charge is 0.316 e. The molecule has 0 amide bonds. The highest BCUT2D eigenvalue weighted by Crippen LogP contribution is 2.48. The Hall–Kier alpha value is -2.15. The second-order valence-electron chi connectivity index (χ2n) is 4.87. The molecule has 21 heavy (non-hydrogen) atoms. The molecular weight excluding hydrogens is 280 g/mol. The van der Waals surface area contributed by atoms with Crippen LogP contribution < -0.4 is 4.74 Å². The lowest BCUT2D eigenvalue weighted by Gasteiger charge is -2.06. The number of ether oxygens (including phenoxy) is 1. The predicted octanol–water partition coefficient (Wildman–Crippen LogP) is 2.06. The molecule has 1 aliphatic carbocycles. The minimum absolute atomic E-state index is 0.0476. The molecule has 1 atom stereocenters. The first-order valence-corrected chi connectivity index (χ1v) is 6.49. The van der Waals surface area contributed by atoms with Crippen molar-refractivity contribution in [2.75, 3.05) is 6.61 Å². The van der Waals surface area contributed by atoms with E-state index >= 15 is 0 Å². The Morgan fingerprint density at radius 2 is 2.00 bits per heavy atom. The maximum Gasteiger partial charge on any atom is 0.316 e. The van der Waals surface area contributed by atoms with Gasteiger partial charge in [0.25, 0.3) is 5.92 Å². The Kier molecular flexibility index (Phi) is 3.50. The Balaban J connectivity index is 1.73. The summed E-state index contributed by atoms with van der Waals surface area (Å²) in [7, 11) is 0. The molecule has 1 fully saturated rings. The van der Waals surface area contributed by atoms with Gasteiger partial charge in [-0.2, -0.15) is 4.98 Å². The van der Waals surface area contributed by atoms with Crippen LogP contribution in [0, 0.1) is 5.92 Å². The van der Waals surface area contributed by atoms with Gasteiger partial charge in [-0.3, -0.25) is 0 Å². The van der Waals surface area contributed by atoms with Crippen molar-refractivity contribution in [3.05, 3.63) is 36.2 Å². The number of aliphatic hydroxyl groups is 1. The molecule has 0 aliphatic heterocycles. The third-order valence-electron chi connectivity index (χ3n) is 3.23. The highest BCUT2D eigenvalue weighted by atomic mass is 19.3. The van der Waals surface area contributed by atoms with Crippen LogP contribution in [0.25, 0.3) is 11.4 Å². The van der Waals surface area contributed by atoms with Crippen LogP contribution in [0.3, 0.4) is 0 Å². The first-order chi connectivity index (χ1) is 10.1. The largest absolute Gasteiger partial charge is 0.463 e. The van der Waals surface area contributed by atoms with Gasteiger partial charge in [0.2, 0.25) is 0 Å². The molecular formula is C14H13F2N3O2. The summed E-state index contributed by atoms with van der Waals surface area (Å²) >= 11 is 0. The number of aliphatic hydroxyl groups excluding tert-OH is 1. The molecule has 0 spiro atoms. The van der Waals surface area contributed by atoms with Crippen molar-refractivity contribution in [1.82, 2.24) is 15.0 Å². The van der Waals surface area contributed by atoms with Crippen LogP contribution in [0.2, 0.25) is 0 Å². The minimum atomic E-state index is -2.62. The van der Waals surface area contributed by atoms with Gasteiger partial charge in [-0.05, 0) is 18.2 Å². The lowest BCUT2D eigenvalue weighted by atomic mass is 10.2. The van der Waals surface area contributed by atoms with Crippen LogP contribution in [0.4, 0.5) is 8.78 Å². The van der Waals surface area contributed by atoms with E-state index in [4.69, 9.17) is 9.84 Å². The lowest BCUT2D eigenvalue weighted by molar-refractivity contribution is 0.0842. The molecule has 3 rings (SSSR count). The van der Waals surface area contributed by atoms with E-state index in [-0.39, 0.29) is 25.6 Å². The van der Waals surface area contributed by atoms with Crippen molar-refractivity contribution in [3.8, 4) is 17.4 Å². The number of rotatable bonds is 5. The third kappa shape index (κ3) is 3.13. The molecule has 2 heterocycles. The molecule has 7 heteroatoms. The summed E-state index contributed by atoms with van der Waals surface area (Å²) in [6.07, 6.45) is 1.34. The molecule has 5 nitrogen and oxygen atoms in total. The topological polar surface area (TPSA) is 68.1 Å². The summed E-state index contributed by atoms with van der Waals surface area (Å²) in [5.41, 5.74) is 1.59. The standard InChI is InChI=1S/C14H13F2N3O2/c15-14(16)6-9(14)8-21-13-17-5-4-12(19-13)11-3-1-2-10(7-20)18-11/h1-5,9,20H,6-8H2/t9-/m1/s1. The summed E-state index contributed by atoms with van der Waals surface area (Å²) in [6, 6.07) is 6.87. The summed E-state index contributed by atoms with van der Waals surface area (Å²) in [6.45, 7) is -0.264. The maximum atomic E-state index is 12.8. The first kappa shape index (κ1) is 13.8. The van der Waals surface area contributed by atoms with Crippen molar-refractivity contribution in [1.29, 1.82) is 0 Å². The quantitative estimate of drug-likeness (QED) is 0.914. The molecule has 0 radical (unpaired) electrons. The number of pyridine rings is 1. The number of hydrogen-bond donors (Lipinski definition) is 1. The first-order valence-electron chi connectivity index (χ1n) is 6.49. The summed E-state index contributed by atoms with van der Waals surface area (Å²) in [5.74, 6) is -3.37. The Bertz CT molecular complexity index is 652. The molecule has 1 N–H and O–H groups in total. The number of aromatic nitrogens is 3. The van der Waals surface area contributed by atoms with Crippen LogP contribution >= 0.6 is 0 Å². The average molecular weight is 293 g/mol. The minimum Gasteiger partial charge on any atom is -0.463 e. The Morgan fingerprint density at radius 3 is 2.71 bits per heavy atom. The van der Waals surface area contributed by atoms with Crippen LogP contribution in [-0.4, -0.2) is 32.6 Å². The third-order valence-corrected chi connectivity index (χ3v) is 3.23.